The van der Waals surface area contributed by atoms with Crippen molar-refractivity contribution in [2.24, 2.45) is 5.73 Å². The van der Waals surface area contributed by atoms with Crippen LogP contribution in [0.4, 0.5) is 5.69 Å². The molecule has 0 unspecified atom stereocenters. The molecule has 0 atom stereocenters. The number of thiocarbonyl (C=S) groups is 1. The van der Waals surface area contributed by atoms with Crippen molar-refractivity contribution in [2.75, 3.05) is 18.1 Å². The van der Waals surface area contributed by atoms with Crippen LogP contribution in [-0.4, -0.2) is 29.3 Å². The summed E-state index contributed by atoms with van der Waals surface area (Å²) in [5, 5.41) is 9.08. The van der Waals surface area contributed by atoms with E-state index in [9.17, 15) is 0 Å². The topological polar surface area (TPSA) is 49.5 Å². The van der Waals surface area contributed by atoms with E-state index in [-0.39, 0.29) is 6.61 Å². The molecule has 19 heavy (non-hydrogen) atoms. The molecular formula is C14H19BrN2OS. The summed E-state index contributed by atoms with van der Waals surface area (Å²) in [5.74, 6) is 0. The SMILES string of the molecule is NC(=S)c1c(Br)cccc1N(CCCO)C1CCC1. The van der Waals surface area contributed by atoms with Gasteiger partial charge in [-0.3, -0.25) is 0 Å². The summed E-state index contributed by atoms with van der Waals surface area (Å²) in [6.07, 6.45) is 4.44. The van der Waals surface area contributed by atoms with Gasteiger partial charge in [0.1, 0.15) is 4.99 Å². The zero-order chi connectivity index (χ0) is 13.8. The summed E-state index contributed by atoms with van der Waals surface area (Å²) in [7, 11) is 0. The van der Waals surface area contributed by atoms with Gasteiger partial charge in [0.15, 0.2) is 0 Å². The van der Waals surface area contributed by atoms with Crippen LogP contribution in [0.3, 0.4) is 0 Å². The van der Waals surface area contributed by atoms with Crippen LogP contribution in [0.5, 0.6) is 0 Å². The Balaban J connectivity index is 2.34. The minimum atomic E-state index is 0.208. The molecule has 1 aliphatic rings. The summed E-state index contributed by atoms with van der Waals surface area (Å²) in [5.41, 5.74) is 7.86. The van der Waals surface area contributed by atoms with E-state index in [2.05, 4.69) is 26.9 Å². The Kier molecular flexibility index (Phi) is 5.19. The maximum absolute atomic E-state index is 9.08. The number of benzene rings is 1. The van der Waals surface area contributed by atoms with Crippen molar-refractivity contribution in [3.05, 3.63) is 28.2 Å². The highest BCUT2D eigenvalue weighted by Gasteiger charge is 2.27. The van der Waals surface area contributed by atoms with Crippen LogP contribution < -0.4 is 10.6 Å². The van der Waals surface area contributed by atoms with Gasteiger partial charge >= 0.3 is 0 Å². The normalized spacial score (nSPS) is 15.1. The first-order valence-electron chi connectivity index (χ1n) is 6.61. The number of nitrogens with zero attached hydrogens (tertiary/aromatic N) is 1. The van der Waals surface area contributed by atoms with E-state index in [0.29, 0.717) is 11.0 Å². The van der Waals surface area contributed by atoms with Crippen molar-refractivity contribution in [3.63, 3.8) is 0 Å². The third-order valence-corrected chi connectivity index (χ3v) is 4.49. The highest BCUT2D eigenvalue weighted by Crippen LogP contribution is 2.34. The van der Waals surface area contributed by atoms with E-state index < -0.39 is 0 Å². The average molecular weight is 343 g/mol. The molecule has 1 saturated carbocycles. The van der Waals surface area contributed by atoms with Crippen molar-refractivity contribution < 1.29 is 5.11 Å². The second-order valence-corrected chi connectivity index (χ2v) is 6.15. The van der Waals surface area contributed by atoms with Crippen molar-refractivity contribution in [3.8, 4) is 0 Å². The van der Waals surface area contributed by atoms with E-state index in [4.69, 9.17) is 23.1 Å². The first-order valence-corrected chi connectivity index (χ1v) is 7.81. The molecule has 0 bridgehead atoms. The third kappa shape index (κ3) is 3.27. The van der Waals surface area contributed by atoms with Crippen molar-refractivity contribution >= 4 is 38.8 Å². The van der Waals surface area contributed by atoms with E-state index >= 15 is 0 Å². The minimum absolute atomic E-state index is 0.208. The van der Waals surface area contributed by atoms with Gasteiger partial charge in [0.2, 0.25) is 0 Å². The van der Waals surface area contributed by atoms with Crippen LogP contribution in [0.15, 0.2) is 22.7 Å². The maximum atomic E-state index is 9.08. The molecule has 0 aromatic heterocycles. The van der Waals surface area contributed by atoms with Gasteiger partial charge in [0.05, 0.1) is 0 Å². The Hall–Kier alpha value is -0.650. The van der Waals surface area contributed by atoms with Crippen LogP contribution >= 0.6 is 28.1 Å². The highest BCUT2D eigenvalue weighted by molar-refractivity contribution is 9.10. The lowest BCUT2D eigenvalue weighted by molar-refractivity contribution is 0.283. The quantitative estimate of drug-likeness (QED) is 0.780. The molecule has 1 aromatic rings. The number of hydrogen-bond acceptors (Lipinski definition) is 3. The fraction of sp³-hybridized carbons (Fsp3) is 0.500. The van der Waals surface area contributed by atoms with Crippen molar-refractivity contribution in [1.29, 1.82) is 0 Å². The molecule has 3 N–H and O–H groups in total. The van der Waals surface area contributed by atoms with Crippen LogP contribution in [0.25, 0.3) is 0 Å². The Morgan fingerprint density at radius 1 is 1.47 bits per heavy atom. The molecule has 0 saturated heterocycles. The maximum Gasteiger partial charge on any atom is 0.107 e. The second-order valence-electron chi connectivity index (χ2n) is 4.85. The molecule has 1 aliphatic carbocycles. The number of anilines is 1. The summed E-state index contributed by atoms with van der Waals surface area (Å²) in [4.78, 5) is 2.76. The smallest absolute Gasteiger partial charge is 0.107 e. The summed E-state index contributed by atoms with van der Waals surface area (Å²) < 4.78 is 0.936. The van der Waals surface area contributed by atoms with Gasteiger partial charge in [-0.1, -0.05) is 18.3 Å². The predicted molar refractivity (Wildman–Crippen MR) is 86.7 cm³/mol. The Morgan fingerprint density at radius 2 is 2.21 bits per heavy atom. The second kappa shape index (κ2) is 6.68. The number of rotatable bonds is 6. The van der Waals surface area contributed by atoms with Gasteiger partial charge in [0, 0.05) is 34.9 Å². The lowest BCUT2D eigenvalue weighted by atomic mass is 9.90. The Morgan fingerprint density at radius 3 is 2.74 bits per heavy atom. The predicted octanol–water partition coefficient (Wildman–Crippen LogP) is 2.82. The minimum Gasteiger partial charge on any atom is -0.396 e. The molecule has 0 aliphatic heterocycles. The monoisotopic (exact) mass is 342 g/mol. The van der Waals surface area contributed by atoms with Crippen molar-refractivity contribution in [2.45, 2.75) is 31.7 Å². The number of nitrogens with two attached hydrogens (primary N) is 1. The van der Waals surface area contributed by atoms with Crippen LogP contribution in [0.1, 0.15) is 31.2 Å². The van der Waals surface area contributed by atoms with Gasteiger partial charge < -0.3 is 15.7 Å². The molecule has 0 amide bonds. The summed E-state index contributed by atoms with van der Waals surface area (Å²) in [6, 6.07) is 6.58. The molecule has 1 aromatic carbocycles. The number of aliphatic hydroxyl groups is 1. The molecule has 0 radical (unpaired) electrons. The van der Waals surface area contributed by atoms with Gasteiger partial charge in [-0.05, 0) is 53.7 Å². The van der Waals surface area contributed by atoms with Gasteiger partial charge in [0.25, 0.3) is 0 Å². The molecule has 5 heteroatoms. The van der Waals surface area contributed by atoms with Gasteiger partial charge in [-0.15, -0.1) is 0 Å². The first-order chi connectivity index (χ1) is 9.15. The highest BCUT2D eigenvalue weighted by atomic mass is 79.9. The fourth-order valence-corrected chi connectivity index (χ4v) is 3.35. The molecular weight excluding hydrogens is 324 g/mol. The molecule has 3 nitrogen and oxygen atoms in total. The largest absolute Gasteiger partial charge is 0.396 e. The van der Waals surface area contributed by atoms with Crippen LogP contribution in [0.2, 0.25) is 0 Å². The molecule has 2 rings (SSSR count). The fourth-order valence-electron chi connectivity index (χ4n) is 2.44. The van der Waals surface area contributed by atoms with Gasteiger partial charge in [-0.2, -0.15) is 0 Å². The Bertz CT molecular complexity index is 463. The van der Waals surface area contributed by atoms with Crippen LogP contribution in [0, 0.1) is 0 Å². The molecule has 0 spiro atoms. The standard InChI is InChI=1S/C14H19BrN2OS/c15-11-6-2-7-12(13(11)14(16)19)17(8-3-9-18)10-4-1-5-10/h2,6-7,10,18H,1,3-5,8-9H2,(H2,16,19). The molecule has 0 heterocycles. The van der Waals surface area contributed by atoms with E-state index in [1.165, 1.54) is 19.3 Å². The molecule has 1 fully saturated rings. The van der Waals surface area contributed by atoms with E-state index in [1.54, 1.807) is 0 Å². The van der Waals surface area contributed by atoms with E-state index in [1.807, 2.05) is 12.1 Å². The lowest BCUT2D eigenvalue weighted by Crippen LogP contribution is -2.42. The summed E-state index contributed by atoms with van der Waals surface area (Å²) in [6.45, 7) is 1.05. The van der Waals surface area contributed by atoms with E-state index in [0.717, 1.165) is 28.7 Å². The van der Waals surface area contributed by atoms with Crippen molar-refractivity contribution in [1.82, 2.24) is 0 Å². The third-order valence-electron chi connectivity index (χ3n) is 3.62. The van der Waals surface area contributed by atoms with Crippen LogP contribution in [-0.2, 0) is 0 Å². The summed E-state index contributed by atoms with van der Waals surface area (Å²) >= 11 is 8.71. The number of halogens is 1. The first kappa shape index (κ1) is 14.8. The zero-order valence-corrected chi connectivity index (χ0v) is 13.2. The number of hydrogen-bond donors (Lipinski definition) is 2. The molecule has 104 valence electrons. The average Bonchev–Trinajstić information content (AvgIpc) is 2.31. The Labute approximate surface area is 127 Å². The lowest BCUT2D eigenvalue weighted by Gasteiger charge is -2.40. The zero-order valence-electron chi connectivity index (χ0n) is 10.8. The number of aliphatic hydroxyl groups excluding tert-OH is 1. The van der Waals surface area contributed by atoms with Gasteiger partial charge in [-0.25, -0.2) is 0 Å².